The summed E-state index contributed by atoms with van der Waals surface area (Å²) in [6, 6.07) is 9.80. The molecule has 0 aliphatic carbocycles. The molecular weight excluding hydrogens is 284 g/mol. The molecule has 0 atom stereocenters. The number of hydrogen-bond acceptors (Lipinski definition) is 4. The van der Waals surface area contributed by atoms with E-state index in [0.717, 1.165) is 11.3 Å². The molecule has 21 heavy (non-hydrogen) atoms. The molecule has 2 rings (SSSR count). The molecule has 0 radical (unpaired) electrons. The summed E-state index contributed by atoms with van der Waals surface area (Å²) < 4.78 is 0. The van der Waals surface area contributed by atoms with Crippen molar-refractivity contribution in [3.05, 3.63) is 52.4 Å². The van der Waals surface area contributed by atoms with Crippen molar-refractivity contribution >= 4 is 23.0 Å². The Balaban J connectivity index is 2.42. The molecule has 0 saturated heterocycles. The van der Waals surface area contributed by atoms with Crippen LogP contribution >= 0.6 is 11.3 Å². The van der Waals surface area contributed by atoms with Crippen molar-refractivity contribution in [1.82, 2.24) is 4.98 Å². The molecule has 1 heterocycles. The van der Waals surface area contributed by atoms with E-state index in [1.807, 2.05) is 42.6 Å². The number of carboxylic acid groups (broad SMARTS) is 1. The van der Waals surface area contributed by atoms with Gasteiger partial charge in [0.1, 0.15) is 10.7 Å². The number of thiazole rings is 1. The lowest BCUT2D eigenvalue weighted by molar-refractivity contribution is -0.132. The smallest absolute Gasteiger partial charge is 0.337 e. The van der Waals surface area contributed by atoms with Crippen LogP contribution in [0.4, 0.5) is 0 Å². The van der Waals surface area contributed by atoms with E-state index in [4.69, 9.17) is 0 Å². The first-order valence-electron chi connectivity index (χ1n) is 6.63. The summed E-state index contributed by atoms with van der Waals surface area (Å²) >= 11 is 1.41. The van der Waals surface area contributed by atoms with Crippen LogP contribution in [0.25, 0.3) is 11.3 Å². The van der Waals surface area contributed by atoms with E-state index in [1.54, 1.807) is 13.0 Å². The number of rotatable bonds is 5. The first-order valence-corrected chi connectivity index (χ1v) is 7.51. The van der Waals surface area contributed by atoms with E-state index in [2.05, 4.69) is 9.98 Å². The second kappa shape index (κ2) is 6.95. The molecule has 0 amide bonds. The lowest BCUT2D eigenvalue weighted by Crippen LogP contribution is -2.14. The lowest BCUT2D eigenvalue weighted by Gasteiger charge is -2.03. The fraction of sp³-hybridized carbons (Fsp3) is 0.188. The van der Waals surface area contributed by atoms with Gasteiger partial charge >= 0.3 is 5.97 Å². The van der Waals surface area contributed by atoms with Crippen molar-refractivity contribution < 1.29 is 9.90 Å². The fourth-order valence-corrected chi connectivity index (χ4v) is 2.76. The Hall–Kier alpha value is -2.27. The maximum Gasteiger partial charge on any atom is 0.337 e. The summed E-state index contributed by atoms with van der Waals surface area (Å²) in [6.07, 6.45) is 1.56. The van der Waals surface area contributed by atoms with Crippen LogP contribution in [-0.4, -0.2) is 28.3 Å². The Kier molecular flexibility index (Phi) is 5.00. The van der Waals surface area contributed by atoms with Crippen LogP contribution in [-0.2, 0) is 4.79 Å². The van der Waals surface area contributed by atoms with E-state index in [0.29, 0.717) is 17.3 Å². The highest BCUT2D eigenvalue weighted by Gasteiger charge is 2.19. The molecule has 4 nitrogen and oxygen atoms in total. The zero-order chi connectivity index (χ0) is 15.2. The Morgan fingerprint density at radius 3 is 2.67 bits per heavy atom. The Morgan fingerprint density at radius 1 is 1.38 bits per heavy atom. The second-order valence-electron chi connectivity index (χ2n) is 4.23. The van der Waals surface area contributed by atoms with Crippen molar-refractivity contribution in [2.45, 2.75) is 13.8 Å². The van der Waals surface area contributed by atoms with Crippen LogP contribution in [0.3, 0.4) is 0 Å². The van der Waals surface area contributed by atoms with Gasteiger partial charge < -0.3 is 5.11 Å². The fourth-order valence-electron chi connectivity index (χ4n) is 1.91. The molecule has 1 aromatic heterocycles. The number of carbonyl (C=O) groups is 1. The highest BCUT2D eigenvalue weighted by atomic mass is 32.1. The van der Waals surface area contributed by atoms with Gasteiger partial charge in [-0.25, -0.2) is 9.78 Å². The number of carboxylic acids is 1. The van der Waals surface area contributed by atoms with Gasteiger partial charge in [0.05, 0.1) is 11.3 Å². The zero-order valence-corrected chi connectivity index (χ0v) is 12.7. The van der Waals surface area contributed by atoms with Crippen molar-refractivity contribution in [3.8, 4) is 11.3 Å². The zero-order valence-electron chi connectivity index (χ0n) is 11.9. The number of benzene rings is 1. The first-order chi connectivity index (χ1) is 10.2. The third kappa shape index (κ3) is 3.44. The maximum atomic E-state index is 11.3. The van der Waals surface area contributed by atoms with Crippen LogP contribution in [0.1, 0.15) is 18.9 Å². The Morgan fingerprint density at radius 2 is 2.10 bits per heavy atom. The molecule has 1 aromatic carbocycles. The number of allylic oxidation sites excluding steroid dienone is 1. The van der Waals surface area contributed by atoms with Crippen LogP contribution in [0.2, 0.25) is 0 Å². The van der Waals surface area contributed by atoms with Crippen molar-refractivity contribution in [2.24, 2.45) is 4.99 Å². The van der Waals surface area contributed by atoms with Gasteiger partial charge in [-0.15, -0.1) is 11.3 Å². The standard InChI is InChI=1S/C16H16N2O2S/c1-3-12(16(19)20)14(17-4-2)15-18-13(10-21-15)11-8-6-5-7-9-11/h3,5-10H,4H2,1-2H3,(H,19,20)/b12-3+,17-14?. The molecule has 0 fully saturated rings. The molecule has 0 saturated carbocycles. The van der Waals surface area contributed by atoms with Gasteiger partial charge in [0.25, 0.3) is 0 Å². The lowest BCUT2D eigenvalue weighted by atomic mass is 10.1. The number of aliphatic imine (C=N–C) groups is 1. The summed E-state index contributed by atoms with van der Waals surface area (Å²) in [7, 11) is 0. The number of nitrogens with zero attached hydrogens (tertiary/aromatic N) is 2. The van der Waals surface area contributed by atoms with Crippen LogP contribution in [0, 0.1) is 0 Å². The third-order valence-corrected chi connectivity index (χ3v) is 3.72. The minimum absolute atomic E-state index is 0.186. The van der Waals surface area contributed by atoms with Gasteiger partial charge in [-0.1, -0.05) is 36.4 Å². The van der Waals surface area contributed by atoms with E-state index in [-0.39, 0.29) is 5.57 Å². The van der Waals surface area contributed by atoms with Crippen molar-refractivity contribution in [2.75, 3.05) is 6.54 Å². The van der Waals surface area contributed by atoms with Gasteiger partial charge in [0.2, 0.25) is 0 Å². The second-order valence-corrected chi connectivity index (χ2v) is 5.09. The molecule has 0 spiro atoms. The van der Waals surface area contributed by atoms with Gasteiger partial charge in [0, 0.05) is 17.5 Å². The highest BCUT2D eigenvalue weighted by Crippen LogP contribution is 2.23. The highest BCUT2D eigenvalue weighted by molar-refractivity contribution is 7.12. The minimum atomic E-state index is -0.985. The van der Waals surface area contributed by atoms with E-state index < -0.39 is 5.97 Å². The molecule has 0 bridgehead atoms. The SMILES string of the molecule is C/C=C(/C(=O)O)C(=NCC)c1nc(-c2ccccc2)cs1. The average Bonchev–Trinajstić information content (AvgIpc) is 2.97. The molecule has 108 valence electrons. The summed E-state index contributed by atoms with van der Waals surface area (Å²) in [4.78, 5) is 20.2. The summed E-state index contributed by atoms with van der Waals surface area (Å²) in [5.74, 6) is -0.985. The molecule has 5 heteroatoms. The van der Waals surface area contributed by atoms with E-state index >= 15 is 0 Å². The quantitative estimate of drug-likeness (QED) is 0.677. The number of aliphatic carboxylic acids is 1. The average molecular weight is 300 g/mol. The van der Waals surface area contributed by atoms with Gasteiger partial charge in [-0.3, -0.25) is 4.99 Å². The molecule has 0 aliphatic rings. The predicted molar refractivity (Wildman–Crippen MR) is 86.0 cm³/mol. The monoisotopic (exact) mass is 300 g/mol. The normalized spacial score (nSPS) is 12.5. The first kappa shape index (κ1) is 15.1. The molecule has 0 aliphatic heterocycles. The Labute approximate surface area is 127 Å². The van der Waals surface area contributed by atoms with Crippen LogP contribution < -0.4 is 0 Å². The maximum absolute atomic E-state index is 11.3. The topological polar surface area (TPSA) is 62.5 Å². The summed E-state index contributed by atoms with van der Waals surface area (Å²) in [5.41, 5.74) is 2.47. The molecule has 2 aromatic rings. The number of aromatic nitrogens is 1. The Bertz CT molecular complexity index is 687. The van der Waals surface area contributed by atoms with Crippen LogP contribution in [0.15, 0.2) is 52.4 Å². The van der Waals surface area contributed by atoms with Crippen LogP contribution in [0.5, 0.6) is 0 Å². The van der Waals surface area contributed by atoms with Gasteiger partial charge in [0.15, 0.2) is 0 Å². The molecule has 0 unspecified atom stereocenters. The van der Waals surface area contributed by atoms with Gasteiger partial charge in [-0.2, -0.15) is 0 Å². The largest absolute Gasteiger partial charge is 0.478 e. The molecular formula is C16H16N2O2S. The number of hydrogen-bond donors (Lipinski definition) is 1. The van der Waals surface area contributed by atoms with E-state index in [9.17, 15) is 9.90 Å². The van der Waals surface area contributed by atoms with E-state index in [1.165, 1.54) is 11.3 Å². The van der Waals surface area contributed by atoms with Crippen molar-refractivity contribution in [3.63, 3.8) is 0 Å². The molecule has 1 N–H and O–H groups in total. The minimum Gasteiger partial charge on any atom is -0.478 e. The summed E-state index contributed by atoms with van der Waals surface area (Å²) in [5, 5.41) is 11.8. The van der Waals surface area contributed by atoms with Gasteiger partial charge in [-0.05, 0) is 13.8 Å². The summed E-state index contributed by atoms with van der Waals surface area (Å²) in [6.45, 7) is 4.08. The third-order valence-electron chi connectivity index (χ3n) is 2.87. The predicted octanol–water partition coefficient (Wildman–Crippen LogP) is 3.65. The van der Waals surface area contributed by atoms with Crippen molar-refractivity contribution in [1.29, 1.82) is 0 Å².